The molecule has 1 aliphatic heterocycles. The highest BCUT2D eigenvalue weighted by Crippen LogP contribution is 2.31. The van der Waals surface area contributed by atoms with Gasteiger partial charge in [-0.25, -0.2) is 9.97 Å². The van der Waals surface area contributed by atoms with Crippen molar-refractivity contribution in [2.24, 2.45) is 0 Å². The maximum Gasteiger partial charge on any atom is 0.255 e. The van der Waals surface area contributed by atoms with Crippen molar-refractivity contribution >= 4 is 45.1 Å². The number of anilines is 4. The van der Waals surface area contributed by atoms with E-state index in [1.807, 2.05) is 36.7 Å². The number of thiazole rings is 1. The van der Waals surface area contributed by atoms with Gasteiger partial charge in [-0.1, -0.05) is 23.5 Å². The molecule has 0 saturated carbocycles. The Kier molecular flexibility index (Phi) is 6.74. The molecule has 192 valence electrons. The van der Waals surface area contributed by atoms with Crippen molar-refractivity contribution in [1.82, 2.24) is 19.3 Å². The van der Waals surface area contributed by atoms with Crippen LogP contribution in [0.25, 0.3) is 16.2 Å². The van der Waals surface area contributed by atoms with E-state index in [9.17, 15) is 4.79 Å². The molecule has 9 nitrogen and oxygen atoms in total. The number of nitrogen functional groups attached to an aromatic ring is 1. The Morgan fingerprint density at radius 2 is 1.84 bits per heavy atom. The first-order valence-corrected chi connectivity index (χ1v) is 13.2. The summed E-state index contributed by atoms with van der Waals surface area (Å²) >= 11 is 1.55. The molecule has 10 heteroatoms. The summed E-state index contributed by atoms with van der Waals surface area (Å²) in [4.78, 5) is 25.2. The van der Waals surface area contributed by atoms with Crippen molar-refractivity contribution in [3.8, 4) is 10.6 Å². The minimum absolute atomic E-state index is 0.216. The second-order valence-corrected chi connectivity index (χ2v) is 10.1. The first-order valence-electron chi connectivity index (χ1n) is 12.4. The van der Waals surface area contributed by atoms with Crippen LogP contribution in [0, 0.1) is 0 Å². The normalized spacial score (nSPS) is 14.0. The molecule has 0 radical (unpaired) electrons. The largest absolute Gasteiger partial charge is 0.397 e. The Hall–Kier alpha value is -4.25. The maximum atomic E-state index is 12.6. The zero-order valence-electron chi connectivity index (χ0n) is 20.6. The van der Waals surface area contributed by atoms with Crippen LogP contribution >= 0.6 is 11.3 Å². The molecule has 1 aliphatic rings. The molecule has 0 spiro atoms. The SMILES string of the molecule is Nc1ccccc1NC(=O)c1ccc(Nc2ncc(-c3cnc4cc(CN5CCOCC5)ccn34)s2)cc1. The number of fused-ring (bicyclic) bond motifs is 1. The first kappa shape index (κ1) is 24.1. The van der Waals surface area contributed by atoms with Gasteiger partial charge in [-0.05, 0) is 54.1 Å². The summed E-state index contributed by atoms with van der Waals surface area (Å²) in [6, 6.07) is 18.7. The van der Waals surface area contributed by atoms with Crippen LogP contribution < -0.4 is 16.4 Å². The summed E-state index contributed by atoms with van der Waals surface area (Å²) < 4.78 is 7.54. The summed E-state index contributed by atoms with van der Waals surface area (Å²) in [5.41, 5.74) is 11.6. The number of carbonyl (C=O) groups is 1. The summed E-state index contributed by atoms with van der Waals surface area (Å²) in [6.07, 6.45) is 5.81. The van der Waals surface area contributed by atoms with E-state index < -0.39 is 0 Å². The molecule has 4 heterocycles. The monoisotopic (exact) mass is 525 g/mol. The lowest BCUT2D eigenvalue weighted by Gasteiger charge is -2.26. The van der Waals surface area contributed by atoms with Gasteiger partial charge in [0.25, 0.3) is 5.91 Å². The Balaban J connectivity index is 1.12. The van der Waals surface area contributed by atoms with Gasteiger partial charge in [-0.15, -0.1) is 0 Å². The molecule has 5 aromatic rings. The van der Waals surface area contributed by atoms with Gasteiger partial charge in [-0.3, -0.25) is 14.1 Å². The number of morpholine rings is 1. The number of nitrogens with one attached hydrogen (secondary N) is 2. The van der Waals surface area contributed by atoms with Crippen molar-refractivity contribution in [1.29, 1.82) is 0 Å². The number of nitrogens with two attached hydrogens (primary N) is 1. The predicted molar refractivity (Wildman–Crippen MR) is 151 cm³/mol. The third-order valence-corrected chi connectivity index (χ3v) is 7.39. The van der Waals surface area contributed by atoms with Crippen molar-refractivity contribution in [2.45, 2.75) is 6.54 Å². The Morgan fingerprint density at radius 1 is 1.03 bits per heavy atom. The van der Waals surface area contributed by atoms with Crippen molar-refractivity contribution in [3.05, 3.63) is 90.4 Å². The Morgan fingerprint density at radius 3 is 2.66 bits per heavy atom. The predicted octanol–water partition coefficient (Wildman–Crippen LogP) is 4.87. The van der Waals surface area contributed by atoms with Gasteiger partial charge in [0.15, 0.2) is 5.13 Å². The fourth-order valence-electron chi connectivity index (χ4n) is 4.40. The molecule has 2 aromatic carbocycles. The number of amides is 1. The summed E-state index contributed by atoms with van der Waals surface area (Å²) in [5, 5.41) is 6.92. The van der Waals surface area contributed by atoms with E-state index >= 15 is 0 Å². The smallest absolute Gasteiger partial charge is 0.255 e. The van der Waals surface area contributed by atoms with Crippen molar-refractivity contribution in [3.63, 3.8) is 0 Å². The topological polar surface area (TPSA) is 110 Å². The van der Waals surface area contributed by atoms with Gasteiger partial charge < -0.3 is 21.1 Å². The maximum absolute atomic E-state index is 12.6. The minimum Gasteiger partial charge on any atom is -0.397 e. The zero-order valence-corrected chi connectivity index (χ0v) is 21.4. The average molecular weight is 526 g/mol. The Bertz CT molecular complexity index is 1570. The van der Waals surface area contributed by atoms with Crippen LogP contribution in [0.5, 0.6) is 0 Å². The minimum atomic E-state index is -0.216. The van der Waals surface area contributed by atoms with Gasteiger partial charge >= 0.3 is 0 Å². The number of benzene rings is 2. The third-order valence-electron chi connectivity index (χ3n) is 6.45. The van der Waals surface area contributed by atoms with Crippen LogP contribution in [-0.2, 0) is 11.3 Å². The van der Waals surface area contributed by atoms with Crippen molar-refractivity contribution < 1.29 is 9.53 Å². The third kappa shape index (κ3) is 5.23. The fraction of sp³-hybridized carbons (Fsp3) is 0.179. The molecular formula is C28H27N7O2S. The van der Waals surface area contributed by atoms with E-state index in [1.54, 1.807) is 35.6 Å². The highest BCUT2D eigenvalue weighted by molar-refractivity contribution is 7.18. The lowest BCUT2D eigenvalue weighted by Crippen LogP contribution is -2.35. The van der Waals surface area contributed by atoms with Crippen LogP contribution in [0.15, 0.2) is 79.3 Å². The number of hydrogen-bond acceptors (Lipinski definition) is 8. The number of carbonyl (C=O) groups excluding carboxylic acids is 1. The van der Waals surface area contributed by atoms with Crippen LogP contribution in [0.4, 0.5) is 22.2 Å². The summed E-state index contributed by atoms with van der Waals surface area (Å²) in [7, 11) is 0. The first-order chi connectivity index (χ1) is 18.6. The molecule has 1 amide bonds. The van der Waals surface area contributed by atoms with Crippen LogP contribution in [0.1, 0.15) is 15.9 Å². The highest BCUT2D eigenvalue weighted by atomic mass is 32.1. The van der Waals surface area contributed by atoms with E-state index in [0.717, 1.165) is 59.9 Å². The number of ether oxygens (including phenoxy) is 1. The van der Waals surface area contributed by atoms with E-state index in [2.05, 4.69) is 48.2 Å². The molecular weight excluding hydrogens is 498 g/mol. The van der Waals surface area contributed by atoms with Crippen molar-refractivity contribution in [2.75, 3.05) is 42.7 Å². The van der Waals surface area contributed by atoms with E-state index in [0.29, 0.717) is 16.9 Å². The number of nitrogens with zero attached hydrogens (tertiary/aromatic N) is 4. The number of para-hydroxylation sites is 2. The average Bonchev–Trinajstić information content (AvgIpc) is 3.57. The van der Waals surface area contributed by atoms with Crippen LogP contribution in [0.3, 0.4) is 0 Å². The number of aromatic nitrogens is 3. The number of rotatable bonds is 7. The van der Waals surface area contributed by atoms with Crippen LogP contribution in [0.2, 0.25) is 0 Å². The second-order valence-electron chi connectivity index (χ2n) is 9.07. The summed E-state index contributed by atoms with van der Waals surface area (Å²) in [6.45, 7) is 4.40. The van der Waals surface area contributed by atoms with Gasteiger partial charge in [0.2, 0.25) is 0 Å². The standard InChI is InChI=1S/C28H27N7O2S/c29-22-3-1-2-4-23(22)33-27(36)20-5-7-21(8-6-20)32-28-31-17-25(38-28)24-16-30-26-15-19(9-10-35(24)26)18-34-11-13-37-14-12-34/h1-10,15-17H,11-14,18,29H2,(H,31,32)(H,33,36). The number of hydrogen-bond donors (Lipinski definition) is 3. The van der Waals surface area contributed by atoms with Gasteiger partial charge in [0.05, 0.1) is 41.4 Å². The molecule has 0 aliphatic carbocycles. The fourth-order valence-corrected chi connectivity index (χ4v) is 5.25. The Labute approximate surface area is 223 Å². The molecule has 38 heavy (non-hydrogen) atoms. The number of pyridine rings is 1. The molecule has 0 unspecified atom stereocenters. The molecule has 1 fully saturated rings. The van der Waals surface area contributed by atoms with Gasteiger partial charge in [0, 0.05) is 43.3 Å². The van der Waals surface area contributed by atoms with E-state index in [4.69, 9.17) is 10.5 Å². The molecule has 3 aromatic heterocycles. The molecule has 0 bridgehead atoms. The van der Waals surface area contributed by atoms with Gasteiger partial charge in [-0.2, -0.15) is 0 Å². The van der Waals surface area contributed by atoms with Crippen LogP contribution in [-0.4, -0.2) is 51.5 Å². The zero-order chi connectivity index (χ0) is 25.9. The lowest BCUT2D eigenvalue weighted by atomic mass is 10.2. The molecule has 6 rings (SSSR count). The van der Waals surface area contributed by atoms with E-state index in [-0.39, 0.29) is 5.91 Å². The van der Waals surface area contributed by atoms with Gasteiger partial charge in [0.1, 0.15) is 5.65 Å². The number of imidazole rings is 1. The second kappa shape index (κ2) is 10.6. The van der Waals surface area contributed by atoms with E-state index in [1.165, 1.54) is 5.56 Å². The molecule has 1 saturated heterocycles. The highest BCUT2D eigenvalue weighted by Gasteiger charge is 2.14. The summed E-state index contributed by atoms with van der Waals surface area (Å²) in [5.74, 6) is -0.216. The quantitative estimate of drug-likeness (QED) is 0.260. The molecule has 0 atom stereocenters. The lowest BCUT2D eigenvalue weighted by molar-refractivity contribution is 0.0342. The molecule has 4 N–H and O–H groups in total.